The first-order valence-electron chi connectivity index (χ1n) is 23.6. The van der Waals surface area contributed by atoms with Crippen LogP contribution in [-0.4, -0.2) is 21.8 Å². The van der Waals surface area contributed by atoms with Crippen molar-refractivity contribution in [2.45, 2.75) is 0 Å². The molecule has 0 unspecified atom stereocenters. The van der Waals surface area contributed by atoms with Gasteiger partial charge in [-0.25, -0.2) is 0 Å². The molecule has 15 rings (SSSR count). The number of nitrogens with zero attached hydrogens (tertiary/aromatic N) is 3. The van der Waals surface area contributed by atoms with Gasteiger partial charge in [-0.3, -0.25) is 0 Å². The summed E-state index contributed by atoms with van der Waals surface area (Å²) in [5.74, 6) is 0. The van der Waals surface area contributed by atoms with E-state index >= 15 is 0 Å². The number of para-hydroxylation sites is 2. The standard InChI is InChI=1S/C64H41N3Si/c1-2-16-49(17-3-1)68(50-36-30-46(31-37-50)65-55-20-6-4-18-53(55)54-19-5-7-21-56(54)65,51-38-32-47(33-39-51)66-57-22-8-12-42-26-27-43-13-9-23-58(66)62(43)61(42)57)52-40-34-48(35-41-52)67-59-24-10-14-44-28-29-45-15-11-25-60(67)64(45)63(44)59/h1-41H. The Bertz CT molecular complexity index is 4030. The van der Waals surface area contributed by atoms with Crippen LogP contribution in [0.2, 0.25) is 0 Å². The molecule has 68 heavy (non-hydrogen) atoms. The van der Waals surface area contributed by atoms with Gasteiger partial charge in [-0.2, -0.15) is 0 Å². The minimum Gasteiger partial charge on any atom is -0.309 e. The third-order valence-electron chi connectivity index (χ3n) is 15.1. The molecule has 0 saturated carbocycles. The van der Waals surface area contributed by atoms with Gasteiger partial charge in [0.2, 0.25) is 0 Å². The molecule has 0 radical (unpaired) electrons. The molecule has 3 heterocycles. The predicted molar refractivity (Wildman–Crippen MR) is 290 cm³/mol. The maximum atomic E-state index is 2.46. The number of hydrogen-bond acceptors (Lipinski definition) is 0. The molecule has 0 aliphatic rings. The Morgan fingerprint density at radius 3 is 0.838 bits per heavy atom. The minimum atomic E-state index is -3.01. The van der Waals surface area contributed by atoms with Crippen LogP contribution < -0.4 is 20.7 Å². The Labute approximate surface area is 393 Å². The fraction of sp³-hybridized carbons (Fsp3) is 0. The Kier molecular flexibility index (Phi) is 7.81. The Balaban J connectivity index is 0.961. The van der Waals surface area contributed by atoms with Crippen LogP contribution in [0.5, 0.6) is 0 Å². The number of rotatable bonds is 7. The van der Waals surface area contributed by atoms with Gasteiger partial charge in [0.05, 0.1) is 33.1 Å². The zero-order valence-corrected chi connectivity index (χ0v) is 38.0. The summed E-state index contributed by atoms with van der Waals surface area (Å²) < 4.78 is 7.35. The highest BCUT2D eigenvalue weighted by Crippen LogP contribution is 2.40. The average molecular weight is 880 g/mol. The van der Waals surface area contributed by atoms with Gasteiger partial charge in [-0.05, 0) is 115 Å². The van der Waals surface area contributed by atoms with E-state index in [0.717, 1.165) is 17.1 Å². The molecule has 15 aromatic rings. The zero-order valence-electron chi connectivity index (χ0n) is 37.0. The lowest BCUT2D eigenvalue weighted by molar-refractivity contribution is 1.18. The second-order valence-electron chi connectivity index (χ2n) is 18.4. The zero-order chi connectivity index (χ0) is 44.5. The SMILES string of the molecule is c1ccc([Si](c2ccc(-n3c4ccccc4c4ccccc43)cc2)(c2ccc(-n3c4cccc5ccc6cccc3c6c54)cc2)c2ccc(-n3c4cccc5ccc6cccc3c6c54)cc2)cc1. The number of benzene rings is 12. The quantitative estimate of drug-likeness (QED) is 0.0861. The van der Waals surface area contributed by atoms with Crippen LogP contribution in [0, 0.1) is 0 Å². The van der Waals surface area contributed by atoms with E-state index in [9.17, 15) is 0 Å². The molecule has 0 aliphatic heterocycles. The van der Waals surface area contributed by atoms with E-state index in [1.807, 2.05) is 0 Å². The molecule has 0 aliphatic carbocycles. The molecule has 3 nitrogen and oxygen atoms in total. The van der Waals surface area contributed by atoms with Gasteiger partial charge in [0.15, 0.2) is 8.07 Å². The van der Waals surface area contributed by atoms with Gasteiger partial charge in [-0.1, -0.05) is 176 Å². The van der Waals surface area contributed by atoms with Crippen LogP contribution in [0.15, 0.2) is 249 Å². The van der Waals surface area contributed by atoms with Crippen LogP contribution in [0.25, 0.3) is 104 Å². The lowest BCUT2D eigenvalue weighted by Crippen LogP contribution is -2.74. The fourth-order valence-corrected chi connectivity index (χ4v) is 17.0. The summed E-state index contributed by atoms with van der Waals surface area (Å²) in [6.07, 6.45) is 0. The summed E-state index contributed by atoms with van der Waals surface area (Å²) in [5, 5.41) is 18.3. The van der Waals surface area contributed by atoms with E-state index in [4.69, 9.17) is 0 Å². The first kappa shape index (κ1) is 37.5. The number of hydrogen-bond donors (Lipinski definition) is 0. The van der Waals surface area contributed by atoms with E-state index in [-0.39, 0.29) is 0 Å². The summed E-state index contributed by atoms with van der Waals surface area (Å²) >= 11 is 0. The van der Waals surface area contributed by atoms with Crippen LogP contribution in [0.1, 0.15) is 0 Å². The smallest absolute Gasteiger partial charge is 0.179 e. The molecule has 3 aromatic heterocycles. The van der Waals surface area contributed by atoms with Crippen LogP contribution in [0.4, 0.5) is 0 Å². The molecule has 0 spiro atoms. The first-order chi connectivity index (χ1) is 33.7. The van der Waals surface area contributed by atoms with Crippen LogP contribution in [0.3, 0.4) is 0 Å². The van der Waals surface area contributed by atoms with E-state index in [1.54, 1.807) is 0 Å². The Hall–Kier alpha value is -8.70. The average Bonchev–Trinajstić information content (AvgIpc) is 4.06. The molecule has 0 fully saturated rings. The summed E-state index contributed by atoms with van der Waals surface area (Å²) in [7, 11) is -3.01. The maximum Gasteiger partial charge on any atom is 0.179 e. The van der Waals surface area contributed by atoms with Crippen molar-refractivity contribution in [3.05, 3.63) is 249 Å². The van der Waals surface area contributed by atoms with Crippen molar-refractivity contribution >= 4 is 116 Å². The maximum absolute atomic E-state index is 3.01. The summed E-state index contributed by atoms with van der Waals surface area (Å²) in [5.41, 5.74) is 10.8. The molecule has 0 amide bonds. The third-order valence-corrected chi connectivity index (χ3v) is 19.9. The number of aromatic nitrogens is 3. The molecule has 12 aromatic carbocycles. The third kappa shape index (κ3) is 5.07. The molecule has 0 N–H and O–H groups in total. The second kappa shape index (κ2) is 14.2. The molecule has 316 valence electrons. The van der Waals surface area contributed by atoms with Crippen molar-refractivity contribution < 1.29 is 0 Å². The van der Waals surface area contributed by atoms with Crippen molar-refractivity contribution in [1.29, 1.82) is 0 Å². The molecular weight excluding hydrogens is 839 g/mol. The van der Waals surface area contributed by atoms with Gasteiger partial charge in [0.25, 0.3) is 0 Å². The highest BCUT2D eigenvalue weighted by Gasteiger charge is 2.41. The van der Waals surface area contributed by atoms with Gasteiger partial charge < -0.3 is 13.7 Å². The highest BCUT2D eigenvalue weighted by atomic mass is 28.3. The van der Waals surface area contributed by atoms with Gasteiger partial charge in [0.1, 0.15) is 0 Å². The molecule has 0 saturated heterocycles. The van der Waals surface area contributed by atoms with Crippen molar-refractivity contribution in [3.63, 3.8) is 0 Å². The Morgan fingerprint density at radius 2 is 0.485 bits per heavy atom. The van der Waals surface area contributed by atoms with Crippen molar-refractivity contribution in [2.24, 2.45) is 0 Å². The van der Waals surface area contributed by atoms with Crippen LogP contribution in [-0.2, 0) is 0 Å². The van der Waals surface area contributed by atoms with Gasteiger partial charge in [0, 0.05) is 49.4 Å². The second-order valence-corrected chi connectivity index (χ2v) is 22.2. The molecule has 0 bridgehead atoms. The predicted octanol–water partition coefficient (Wildman–Crippen LogP) is 13.5. The molecular formula is C64H41N3Si. The van der Waals surface area contributed by atoms with Crippen molar-refractivity contribution in [1.82, 2.24) is 13.7 Å². The van der Waals surface area contributed by atoms with E-state index in [0.29, 0.717) is 0 Å². The topological polar surface area (TPSA) is 14.8 Å². The van der Waals surface area contributed by atoms with Crippen molar-refractivity contribution in [2.75, 3.05) is 0 Å². The summed E-state index contributed by atoms with van der Waals surface area (Å²) in [6.45, 7) is 0. The molecule has 4 heteroatoms. The monoisotopic (exact) mass is 879 g/mol. The minimum absolute atomic E-state index is 1.15. The van der Waals surface area contributed by atoms with E-state index in [1.165, 1.54) is 108 Å². The van der Waals surface area contributed by atoms with Crippen LogP contribution >= 0.6 is 0 Å². The largest absolute Gasteiger partial charge is 0.309 e. The van der Waals surface area contributed by atoms with Gasteiger partial charge in [-0.15, -0.1) is 0 Å². The highest BCUT2D eigenvalue weighted by molar-refractivity contribution is 7.19. The summed E-state index contributed by atoms with van der Waals surface area (Å²) in [4.78, 5) is 0. The molecule has 0 atom stereocenters. The fourth-order valence-electron chi connectivity index (χ4n) is 12.3. The Morgan fingerprint density at radius 1 is 0.206 bits per heavy atom. The van der Waals surface area contributed by atoms with E-state index in [2.05, 4.69) is 262 Å². The van der Waals surface area contributed by atoms with Crippen molar-refractivity contribution in [3.8, 4) is 17.1 Å². The summed E-state index contributed by atoms with van der Waals surface area (Å²) in [6, 6.07) is 93.5. The van der Waals surface area contributed by atoms with Gasteiger partial charge >= 0.3 is 0 Å². The normalized spacial score (nSPS) is 12.4. The lowest BCUT2D eigenvalue weighted by Gasteiger charge is -2.35. The lowest BCUT2D eigenvalue weighted by atomic mass is 10.0. The first-order valence-corrected chi connectivity index (χ1v) is 25.6. The number of fused-ring (bicyclic) bond motifs is 3. The van der Waals surface area contributed by atoms with E-state index < -0.39 is 8.07 Å².